The molecule has 4 nitrogen and oxygen atoms in total. The molecule has 0 amide bonds. The van der Waals surface area contributed by atoms with Crippen molar-refractivity contribution in [3.63, 3.8) is 0 Å². The minimum absolute atomic E-state index is 0.0191. The van der Waals surface area contributed by atoms with Crippen LogP contribution in [0.5, 0.6) is 0 Å². The second kappa shape index (κ2) is 6.23. The average molecular weight is 350 g/mol. The first kappa shape index (κ1) is 17.8. The van der Waals surface area contributed by atoms with Crippen LogP contribution in [0.1, 0.15) is 64.7 Å². The van der Waals surface area contributed by atoms with Gasteiger partial charge in [0, 0.05) is 7.11 Å². The first-order chi connectivity index (χ1) is 11.9. The van der Waals surface area contributed by atoms with Gasteiger partial charge < -0.3 is 14.9 Å². The third kappa shape index (κ3) is 2.75. The van der Waals surface area contributed by atoms with E-state index in [1.165, 1.54) is 19.3 Å². The molecule has 4 heteroatoms. The Balaban J connectivity index is 1.51. The molecule has 0 saturated heterocycles. The molecular weight excluding hydrogens is 316 g/mol. The molecule has 0 radical (unpaired) electrons. The van der Waals surface area contributed by atoms with Gasteiger partial charge >= 0.3 is 5.97 Å². The van der Waals surface area contributed by atoms with E-state index in [4.69, 9.17) is 4.74 Å². The summed E-state index contributed by atoms with van der Waals surface area (Å²) in [7, 11) is 1.68. The molecule has 0 heterocycles. The van der Waals surface area contributed by atoms with Crippen molar-refractivity contribution in [3.8, 4) is 0 Å². The molecule has 25 heavy (non-hydrogen) atoms. The Labute approximate surface area is 151 Å². The van der Waals surface area contributed by atoms with Crippen LogP contribution in [0.3, 0.4) is 0 Å². The van der Waals surface area contributed by atoms with Crippen LogP contribution < -0.4 is 0 Å². The Kier molecular flexibility index (Phi) is 4.43. The van der Waals surface area contributed by atoms with Crippen LogP contribution in [-0.2, 0) is 9.53 Å². The molecule has 0 aliphatic heterocycles. The van der Waals surface area contributed by atoms with Gasteiger partial charge in [0.25, 0.3) is 0 Å². The fourth-order valence-electron chi connectivity index (χ4n) is 7.77. The van der Waals surface area contributed by atoms with Crippen LogP contribution in [-0.4, -0.2) is 35.5 Å². The molecular formula is C21H34O4. The Morgan fingerprint density at radius 2 is 1.80 bits per heavy atom. The van der Waals surface area contributed by atoms with Crippen molar-refractivity contribution in [3.05, 3.63) is 0 Å². The lowest BCUT2D eigenvalue weighted by atomic mass is 9.49. The van der Waals surface area contributed by atoms with Crippen molar-refractivity contribution < 1.29 is 19.7 Å². The van der Waals surface area contributed by atoms with Gasteiger partial charge in [0.15, 0.2) is 0 Å². The van der Waals surface area contributed by atoms with E-state index in [0.29, 0.717) is 18.4 Å². The first-order valence-corrected chi connectivity index (χ1v) is 10.3. The zero-order valence-corrected chi connectivity index (χ0v) is 15.7. The molecule has 0 aromatic carbocycles. The number of fused-ring (bicyclic) bond motifs is 5. The summed E-state index contributed by atoms with van der Waals surface area (Å²) in [6, 6.07) is 0. The van der Waals surface area contributed by atoms with Gasteiger partial charge in [-0.1, -0.05) is 6.92 Å². The predicted molar refractivity (Wildman–Crippen MR) is 95.1 cm³/mol. The second-order valence-corrected chi connectivity index (χ2v) is 9.85. The molecule has 4 fully saturated rings. The molecule has 4 rings (SSSR count). The summed E-state index contributed by atoms with van der Waals surface area (Å²) in [6.45, 7) is 2.73. The van der Waals surface area contributed by atoms with Crippen molar-refractivity contribution in [2.75, 3.05) is 13.7 Å². The van der Waals surface area contributed by atoms with Crippen molar-refractivity contribution in [1.29, 1.82) is 0 Å². The molecule has 8 atom stereocenters. The summed E-state index contributed by atoms with van der Waals surface area (Å²) < 4.78 is 5.27. The van der Waals surface area contributed by atoms with E-state index in [0.717, 1.165) is 56.3 Å². The number of carboxylic acid groups (broad SMARTS) is 1. The Hall–Kier alpha value is -0.610. The van der Waals surface area contributed by atoms with E-state index >= 15 is 0 Å². The summed E-state index contributed by atoms with van der Waals surface area (Å²) in [5, 5.41) is 20.5. The number of aliphatic carboxylic acids is 1. The Morgan fingerprint density at radius 3 is 2.52 bits per heavy atom. The van der Waals surface area contributed by atoms with E-state index < -0.39 is 11.6 Å². The van der Waals surface area contributed by atoms with Gasteiger partial charge in [-0.25, -0.2) is 0 Å². The monoisotopic (exact) mass is 350 g/mol. The highest BCUT2D eigenvalue weighted by atomic mass is 16.5. The molecule has 2 N–H and O–H groups in total. The van der Waals surface area contributed by atoms with Gasteiger partial charge in [0.05, 0.1) is 18.1 Å². The van der Waals surface area contributed by atoms with E-state index in [-0.39, 0.29) is 11.3 Å². The minimum atomic E-state index is -0.617. The highest BCUT2D eigenvalue weighted by molar-refractivity contribution is 5.71. The molecule has 0 aromatic rings. The van der Waals surface area contributed by atoms with Crippen LogP contribution in [0.25, 0.3) is 0 Å². The molecule has 0 aromatic heterocycles. The summed E-state index contributed by atoms with van der Waals surface area (Å²) in [5.74, 6) is 2.76. The lowest BCUT2D eigenvalue weighted by Gasteiger charge is -2.56. The van der Waals surface area contributed by atoms with Crippen molar-refractivity contribution >= 4 is 5.97 Å². The fourth-order valence-corrected chi connectivity index (χ4v) is 7.77. The third-order valence-corrected chi connectivity index (χ3v) is 8.82. The first-order valence-electron chi connectivity index (χ1n) is 10.3. The number of ether oxygens (including phenoxy) is 1. The Morgan fingerprint density at radius 1 is 1.04 bits per heavy atom. The lowest BCUT2D eigenvalue weighted by Crippen LogP contribution is -2.52. The molecule has 2 unspecified atom stereocenters. The van der Waals surface area contributed by atoms with Gasteiger partial charge in [0.1, 0.15) is 0 Å². The van der Waals surface area contributed by atoms with E-state index in [9.17, 15) is 15.0 Å². The van der Waals surface area contributed by atoms with Gasteiger partial charge in [-0.05, 0) is 92.8 Å². The maximum Gasteiger partial charge on any atom is 0.307 e. The number of rotatable bonds is 3. The smallest absolute Gasteiger partial charge is 0.307 e. The Bertz CT molecular complexity index is 534. The van der Waals surface area contributed by atoms with E-state index in [1.807, 2.05) is 0 Å². The van der Waals surface area contributed by atoms with Gasteiger partial charge in [0.2, 0.25) is 0 Å². The van der Waals surface area contributed by atoms with E-state index in [2.05, 4.69) is 6.92 Å². The van der Waals surface area contributed by atoms with Gasteiger partial charge in [-0.3, -0.25) is 4.79 Å². The highest BCUT2D eigenvalue weighted by Gasteiger charge is 2.59. The number of methoxy groups -OCH3 is 1. The topological polar surface area (TPSA) is 66.8 Å². The molecule has 4 aliphatic carbocycles. The summed E-state index contributed by atoms with van der Waals surface area (Å²) in [4.78, 5) is 11.7. The van der Waals surface area contributed by atoms with Crippen LogP contribution >= 0.6 is 0 Å². The fraction of sp³-hybridized carbons (Fsp3) is 0.952. The quantitative estimate of drug-likeness (QED) is 0.814. The maximum absolute atomic E-state index is 11.7. The van der Waals surface area contributed by atoms with Gasteiger partial charge in [-0.2, -0.15) is 0 Å². The van der Waals surface area contributed by atoms with Crippen molar-refractivity contribution in [1.82, 2.24) is 0 Å². The minimum Gasteiger partial charge on any atom is -0.481 e. The van der Waals surface area contributed by atoms with Crippen molar-refractivity contribution in [2.45, 2.75) is 70.3 Å². The standard InChI is InChI=1S/C21H34O4/c1-20-9-7-15-14-8-10-21(24,12-25-2)11-13(14)3-4-16(15)17(20)5-6-18(20)19(22)23/h13-18,24H,3-12H2,1-2H3,(H,22,23)/t13-,14+,15?,16?,17+,18-,20+,21-/m1/s1. The largest absolute Gasteiger partial charge is 0.481 e. The number of carbonyl (C=O) groups is 1. The number of hydrogen-bond donors (Lipinski definition) is 2. The van der Waals surface area contributed by atoms with Crippen LogP contribution in [0, 0.1) is 40.9 Å². The van der Waals surface area contributed by atoms with Crippen molar-refractivity contribution in [2.24, 2.45) is 40.9 Å². The maximum atomic E-state index is 11.7. The second-order valence-electron chi connectivity index (χ2n) is 9.85. The number of aliphatic hydroxyl groups is 1. The molecule has 0 spiro atoms. The molecule has 4 saturated carbocycles. The number of carboxylic acids is 1. The van der Waals surface area contributed by atoms with E-state index in [1.54, 1.807) is 7.11 Å². The molecule has 4 aliphatic rings. The number of hydrogen-bond acceptors (Lipinski definition) is 3. The highest BCUT2D eigenvalue weighted by Crippen LogP contribution is 2.64. The SMILES string of the molecule is COC[C@@]1(O)CC[C@@H]2C3CC[C@]4(C)[C@@H](C(=O)O)CC[C@H]4C3CC[C@@H]2C1. The van der Waals surface area contributed by atoms with Gasteiger partial charge in [-0.15, -0.1) is 0 Å². The summed E-state index contributed by atoms with van der Waals surface area (Å²) >= 11 is 0. The average Bonchev–Trinajstić information content (AvgIpc) is 2.91. The molecule has 142 valence electrons. The zero-order valence-electron chi connectivity index (χ0n) is 15.7. The normalized spacial score (nSPS) is 52.1. The summed E-state index contributed by atoms with van der Waals surface area (Å²) in [6.07, 6.45) is 9.61. The van der Waals surface area contributed by atoms with Crippen LogP contribution in [0.4, 0.5) is 0 Å². The summed E-state index contributed by atoms with van der Waals surface area (Å²) in [5.41, 5.74) is -0.598. The molecule has 0 bridgehead atoms. The predicted octanol–water partition coefficient (Wildman–Crippen LogP) is 3.72. The van der Waals surface area contributed by atoms with Crippen LogP contribution in [0.2, 0.25) is 0 Å². The van der Waals surface area contributed by atoms with Crippen LogP contribution in [0.15, 0.2) is 0 Å². The lowest BCUT2D eigenvalue weighted by molar-refractivity contribution is -0.151. The third-order valence-electron chi connectivity index (χ3n) is 8.82. The zero-order chi connectivity index (χ0) is 17.8.